The molecule has 2 bridgehead atoms. The number of hydrogen-bond acceptors (Lipinski definition) is 4. The summed E-state index contributed by atoms with van der Waals surface area (Å²) in [5, 5.41) is 0. The maximum atomic E-state index is 11.8. The SMILES string of the molecule is CS(=O)(=O)C1=C[C@H]2O[C@@H]1[C@@H]1CCCC(=O)[C@@H]12. The first kappa shape index (κ1) is 10.5. The molecule has 2 heterocycles. The number of rotatable bonds is 1. The van der Waals surface area contributed by atoms with Crippen LogP contribution in [-0.2, 0) is 19.4 Å². The van der Waals surface area contributed by atoms with E-state index in [9.17, 15) is 13.2 Å². The molecule has 0 aromatic heterocycles. The third-order valence-electron chi connectivity index (χ3n) is 3.88. The summed E-state index contributed by atoms with van der Waals surface area (Å²) < 4.78 is 28.7. The van der Waals surface area contributed by atoms with Gasteiger partial charge in [-0.3, -0.25) is 4.79 Å². The van der Waals surface area contributed by atoms with Crippen LogP contribution in [0, 0.1) is 11.8 Å². The number of sulfone groups is 1. The zero-order valence-corrected chi connectivity index (χ0v) is 9.87. The predicted molar refractivity (Wildman–Crippen MR) is 57.4 cm³/mol. The molecule has 3 rings (SSSR count). The van der Waals surface area contributed by atoms with Crippen LogP contribution < -0.4 is 0 Å². The van der Waals surface area contributed by atoms with Crippen LogP contribution in [0.1, 0.15) is 19.3 Å². The highest BCUT2D eigenvalue weighted by atomic mass is 32.2. The molecule has 3 aliphatic rings. The van der Waals surface area contributed by atoms with E-state index in [1.807, 2.05) is 0 Å². The first-order chi connectivity index (χ1) is 7.48. The predicted octanol–water partition coefficient (Wildman–Crippen LogP) is 0.681. The molecular weight excluding hydrogens is 228 g/mol. The maximum Gasteiger partial charge on any atom is 0.174 e. The van der Waals surface area contributed by atoms with E-state index in [1.54, 1.807) is 6.08 Å². The van der Waals surface area contributed by atoms with Crippen LogP contribution in [0.4, 0.5) is 0 Å². The standard InChI is InChI=1S/C11H14O4S/c1-16(13,14)9-5-8-10-6(11(9)15-8)3-2-4-7(10)12/h5-6,8,10-11H,2-4H2,1H3/t6-,8-,10-,11-/m1/s1. The van der Waals surface area contributed by atoms with Gasteiger partial charge >= 0.3 is 0 Å². The third-order valence-corrected chi connectivity index (χ3v) is 5.10. The second-order valence-electron chi connectivity index (χ2n) is 4.91. The van der Waals surface area contributed by atoms with Crippen molar-refractivity contribution in [1.82, 2.24) is 0 Å². The molecule has 0 aromatic carbocycles. The molecule has 88 valence electrons. The van der Waals surface area contributed by atoms with Crippen LogP contribution in [-0.4, -0.2) is 32.7 Å². The Morgan fingerprint density at radius 3 is 2.88 bits per heavy atom. The van der Waals surface area contributed by atoms with Gasteiger partial charge in [0.1, 0.15) is 5.78 Å². The fourth-order valence-corrected chi connectivity index (χ4v) is 4.26. The van der Waals surface area contributed by atoms with E-state index >= 15 is 0 Å². The van der Waals surface area contributed by atoms with Gasteiger partial charge in [0.25, 0.3) is 0 Å². The molecule has 0 aromatic rings. The van der Waals surface area contributed by atoms with Crippen molar-refractivity contribution in [3.63, 3.8) is 0 Å². The first-order valence-electron chi connectivity index (χ1n) is 5.58. The fraction of sp³-hybridized carbons (Fsp3) is 0.727. The molecule has 0 radical (unpaired) electrons. The fourth-order valence-electron chi connectivity index (χ4n) is 3.23. The van der Waals surface area contributed by atoms with Crippen LogP contribution >= 0.6 is 0 Å². The Labute approximate surface area is 94.6 Å². The van der Waals surface area contributed by atoms with Gasteiger partial charge in [-0.1, -0.05) is 0 Å². The number of carbonyl (C=O) groups is 1. The summed E-state index contributed by atoms with van der Waals surface area (Å²) in [6.07, 6.45) is 4.61. The van der Waals surface area contributed by atoms with Crippen molar-refractivity contribution in [3.05, 3.63) is 11.0 Å². The van der Waals surface area contributed by atoms with Crippen molar-refractivity contribution in [1.29, 1.82) is 0 Å². The van der Waals surface area contributed by atoms with Crippen molar-refractivity contribution in [2.45, 2.75) is 31.5 Å². The van der Waals surface area contributed by atoms with Gasteiger partial charge in [0.05, 0.1) is 23.0 Å². The summed E-state index contributed by atoms with van der Waals surface area (Å²) in [6.45, 7) is 0. The Balaban J connectivity index is 2.00. The van der Waals surface area contributed by atoms with E-state index in [0.29, 0.717) is 11.3 Å². The van der Waals surface area contributed by atoms with Gasteiger partial charge in [-0.2, -0.15) is 0 Å². The number of hydrogen-bond donors (Lipinski definition) is 0. The van der Waals surface area contributed by atoms with E-state index in [2.05, 4.69) is 0 Å². The molecule has 1 saturated heterocycles. The molecule has 4 nitrogen and oxygen atoms in total. The highest BCUT2D eigenvalue weighted by Crippen LogP contribution is 2.49. The van der Waals surface area contributed by atoms with Gasteiger partial charge in [0.15, 0.2) is 9.84 Å². The van der Waals surface area contributed by atoms with Crippen molar-refractivity contribution < 1.29 is 17.9 Å². The van der Waals surface area contributed by atoms with E-state index in [-0.39, 0.29) is 29.8 Å². The smallest absolute Gasteiger partial charge is 0.174 e. The average Bonchev–Trinajstić information content (AvgIpc) is 2.74. The minimum absolute atomic E-state index is 0.0794. The molecule has 1 saturated carbocycles. The van der Waals surface area contributed by atoms with E-state index in [1.165, 1.54) is 6.26 Å². The summed E-state index contributed by atoms with van der Waals surface area (Å²) in [4.78, 5) is 12.2. The Kier molecular flexibility index (Phi) is 2.07. The molecule has 1 aliphatic carbocycles. The largest absolute Gasteiger partial charge is 0.364 e. The van der Waals surface area contributed by atoms with Crippen LogP contribution in [0.2, 0.25) is 0 Å². The number of ether oxygens (including phenoxy) is 1. The van der Waals surface area contributed by atoms with Gasteiger partial charge in [-0.05, 0) is 18.9 Å². The molecule has 0 unspecified atom stereocenters. The Hall–Kier alpha value is -0.680. The monoisotopic (exact) mass is 242 g/mol. The van der Waals surface area contributed by atoms with E-state index in [0.717, 1.165) is 12.8 Å². The highest BCUT2D eigenvalue weighted by molar-refractivity contribution is 7.94. The van der Waals surface area contributed by atoms with Gasteiger partial charge in [0.2, 0.25) is 0 Å². The minimum atomic E-state index is -3.18. The first-order valence-corrected chi connectivity index (χ1v) is 7.47. The van der Waals surface area contributed by atoms with Crippen LogP contribution in [0.25, 0.3) is 0 Å². The van der Waals surface area contributed by atoms with E-state index < -0.39 is 9.84 Å². The van der Waals surface area contributed by atoms with Crippen molar-refractivity contribution in [2.75, 3.05) is 6.26 Å². The molecule has 4 atom stereocenters. The van der Waals surface area contributed by atoms with Gasteiger partial charge < -0.3 is 4.74 Å². The molecule has 0 amide bonds. The zero-order valence-electron chi connectivity index (χ0n) is 9.05. The quantitative estimate of drug-likeness (QED) is 0.678. The summed E-state index contributed by atoms with van der Waals surface area (Å²) in [5.74, 6) is 0.262. The average molecular weight is 242 g/mol. The van der Waals surface area contributed by atoms with Gasteiger partial charge in [-0.25, -0.2) is 8.42 Å². The zero-order chi connectivity index (χ0) is 11.5. The molecule has 0 N–H and O–H groups in total. The molecule has 5 heteroatoms. The number of fused-ring (bicyclic) bond motifs is 5. The van der Waals surface area contributed by atoms with Crippen LogP contribution in [0.5, 0.6) is 0 Å². The van der Waals surface area contributed by atoms with Crippen LogP contribution in [0.3, 0.4) is 0 Å². The number of carbonyl (C=O) groups excluding carboxylic acids is 1. The second-order valence-corrected chi connectivity index (χ2v) is 6.93. The molecule has 2 aliphatic heterocycles. The van der Waals surface area contributed by atoms with Crippen LogP contribution in [0.15, 0.2) is 11.0 Å². The van der Waals surface area contributed by atoms with Crippen molar-refractivity contribution in [2.24, 2.45) is 11.8 Å². The molecule has 2 fully saturated rings. The summed E-state index contributed by atoms with van der Waals surface area (Å²) >= 11 is 0. The van der Waals surface area contributed by atoms with E-state index in [4.69, 9.17) is 4.74 Å². The Morgan fingerprint density at radius 1 is 1.44 bits per heavy atom. The number of ketones is 1. The summed E-state index contributed by atoms with van der Waals surface area (Å²) in [6, 6.07) is 0. The lowest BCUT2D eigenvalue weighted by Crippen LogP contribution is -2.37. The lowest BCUT2D eigenvalue weighted by atomic mass is 9.72. The van der Waals surface area contributed by atoms with Gasteiger partial charge in [-0.15, -0.1) is 0 Å². The Bertz CT molecular complexity index is 476. The molecule has 0 spiro atoms. The van der Waals surface area contributed by atoms with Crippen molar-refractivity contribution >= 4 is 15.6 Å². The lowest BCUT2D eigenvalue weighted by molar-refractivity contribution is -0.126. The Morgan fingerprint density at radius 2 is 2.19 bits per heavy atom. The summed E-state index contributed by atoms with van der Waals surface area (Å²) in [5.41, 5.74) is 0. The maximum absolute atomic E-state index is 11.8. The third kappa shape index (κ3) is 1.31. The van der Waals surface area contributed by atoms with Gasteiger partial charge in [0, 0.05) is 18.6 Å². The lowest BCUT2D eigenvalue weighted by Gasteiger charge is -2.30. The minimum Gasteiger partial charge on any atom is -0.364 e. The highest BCUT2D eigenvalue weighted by Gasteiger charge is 2.55. The second kappa shape index (κ2) is 3.17. The number of Topliss-reactive ketones (excluding diaryl/α,β-unsaturated/α-hetero) is 1. The summed E-state index contributed by atoms with van der Waals surface area (Å²) in [7, 11) is -3.18. The molecular formula is C11H14O4S. The van der Waals surface area contributed by atoms with Crippen molar-refractivity contribution in [3.8, 4) is 0 Å². The topological polar surface area (TPSA) is 60.4 Å². The normalized spacial score (nSPS) is 42.1. The molecule has 16 heavy (non-hydrogen) atoms.